The van der Waals surface area contributed by atoms with E-state index in [1.807, 2.05) is 35.9 Å². The van der Waals surface area contributed by atoms with Gasteiger partial charge in [0, 0.05) is 12.2 Å². The highest BCUT2D eigenvalue weighted by Gasteiger charge is 2.28. The highest BCUT2D eigenvalue weighted by atomic mass is 16.5. The molecular formula is C16H19N3O2. The Bertz CT molecular complexity index is 687. The van der Waals surface area contributed by atoms with Gasteiger partial charge in [-0.05, 0) is 43.5 Å². The number of benzene rings is 1. The zero-order chi connectivity index (χ0) is 15.0. The van der Waals surface area contributed by atoms with Crippen LogP contribution in [0.2, 0.25) is 0 Å². The Labute approximate surface area is 123 Å². The Balaban J connectivity index is 1.87. The minimum absolute atomic E-state index is 0.166. The van der Waals surface area contributed by atoms with Gasteiger partial charge in [-0.2, -0.15) is 0 Å². The Morgan fingerprint density at radius 1 is 1.38 bits per heavy atom. The smallest absolute Gasteiger partial charge is 0.272 e. The van der Waals surface area contributed by atoms with Crippen molar-refractivity contribution in [2.45, 2.75) is 25.8 Å². The summed E-state index contributed by atoms with van der Waals surface area (Å²) in [5.41, 5.74) is 8.78. The topological polar surface area (TPSA) is 69.3 Å². The number of amides is 1. The SMILES string of the molecule is COc1cc(C)ccc1NC(=O)c1cc(N)cn1C1CC1. The molecule has 3 N–H and O–H groups in total. The first-order valence-corrected chi connectivity index (χ1v) is 7.02. The van der Waals surface area contributed by atoms with Crippen molar-refractivity contribution < 1.29 is 9.53 Å². The lowest BCUT2D eigenvalue weighted by molar-refractivity contribution is 0.101. The number of carbonyl (C=O) groups is 1. The van der Waals surface area contributed by atoms with E-state index in [2.05, 4.69) is 5.32 Å². The first-order valence-electron chi connectivity index (χ1n) is 7.02. The fourth-order valence-corrected chi connectivity index (χ4v) is 2.43. The van der Waals surface area contributed by atoms with Crippen molar-refractivity contribution in [1.29, 1.82) is 0 Å². The van der Waals surface area contributed by atoms with E-state index in [0.29, 0.717) is 28.9 Å². The molecule has 0 saturated heterocycles. The number of aromatic nitrogens is 1. The Morgan fingerprint density at radius 3 is 2.81 bits per heavy atom. The number of rotatable bonds is 4. The molecule has 1 amide bonds. The lowest BCUT2D eigenvalue weighted by Crippen LogP contribution is -2.16. The van der Waals surface area contributed by atoms with Gasteiger partial charge in [-0.3, -0.25) is 4.79 Å². The van der Waals surface area contributed by atoms with Crippen molar-refractivity contribution >= 4 is 17.3 Å². The molecule has 1 heterocycles. The number of methoxy groups -OCH3 is 1. The van der Waals surface area contributed by atoms with Crippen LogP contribution in [0, 0.1) is 6.92 Å². The number of nitrogen functional groups attached to an aromatic ring is 1. The molecule has 0 unspecified atom stereocenters. The fraction of sp³-hybridized carbons (Fsp3) is 0.312. The van der Waals surface area contributed by atoms with Crippen LogP contribution in [0.4, 0.5) is 11.4 Å². The van der Waals surface area contributed by atoms with Gasteiger partial charge in [0.2, 0.25) is 0 Å². The molecule has 0 bridgehead atoms. The molecule has 2 aromatic rings. The van der Waals surface area contributed by atoms with Crippen LogP contribution >= 0.6 is 0 Å². The first-order chi connectivity index (χ1) is 10.1. The number of hydrogen-bond donors (Lipinski definition) is 2. The molecule has 1 aliphatic carbocycles. The molecule has 5 heteroatoms. The van der Waals surface area contributed by atoms with Gasteiger partial charge < -0.3 is 20.4 Å². The fourth-order valence-electron chi connectivity index (χ4n) is 2.43. The Hall–Kier alpha value is -2.43. The second-order valence-electron chi connectivity index (χ2n) is 5.45. The zero-order valence-electron chi connectivity index (χ0n) is 12.2. The van der Waals surface area contributed by atoms with Crippen molar-refractivity contribution in [1.82, 2.24) is 4.57 Å². The highest BCUT2D eigenvalue weighted by Crippen LogP contribution is 2.37. The van der Waals surface area contributed by atoms with Gasteiger partial charge in [0.25, 0.3) is 5.91 Å². The van der Waals surface area contributed by atoms with Crippen LogP contribution in [0.3, 0.4) is 0 Å². The van der Waals surface area contributed by atoms with E-state index in [-0.39, 0.29) is 5.91 Å². The summed E-state index contributed by atoms with van der Waals surface area (Å²) in [6, 6.07) is 7.80. The molecule has 0 radical (unpaired) electrons. The van der Waals surface area contributed by atoms with E-state index < -0.39 is 0 Å². The third-order valence-corrected chi connectivity index (χ3v) is 3.65. The van der Waals surface area contributed by atoms with Crippen LogP contribution < -0.4 is 15.8 Å². The van der Waals surface area contributed by atoms with Crippen molar-refractivity contribution in [3.8, 4) is 5.75 Å². The molecule has 0 aliphatic heterocycles. The average Bonchev–Trinajstić information content (AvgIpc) is 3.23. The molecule has 1 aromatic carbocycles. The highest BCUT2D eigenvalue weighted by molar-refractivity contribution is 6.04. The summed E-state index contributed by atoms with van der Waals surface area (Å²) in [6.07, 6.45) is 4.03. The van der Waals surface area contributed by atoms with Crippen LogP contribution in [0.25, 0.3) is 0 Å². The number of anilines is 2. The second-order valence-corrected chi connectivity index (χ2v) is 5.45. The van der Waals surface area contributed by atoms with E-state index in [0.717, 1.165) is 18.4 Å². The van der Waals surface area contributed by atoms with Crippen molar-refractivity contribution in [2.24, 2.45) is 0 Å². The molecule has 1 aromatic heterocycles. The molecular weight excluding hydrogens is 266 g/mol. The number of nitrogens with zero attached hydrogens (tertiary/aromatic N) is 1. The molecule has 0 spiro atoms. The van der Waals surface area contributed by atoms with E-state index in [9.17, 15) is 4.79 Å². The molecule has 1 saturated carbocycles. The third kappa shape index (κ3) is 2.72. The number of hydrogen-bond acceptors (Lipinski definition) is 3. The van der Waals surface area contributed by atoms with Crippen LogP contribution in [0.1, 0.15) is 34.9 Å². The van der Waals surface area contributed by atoms with Crippen LogP contribution in [0.15, 0.2) is 30.5 Å². The minimum Gasteiger partial charge on any atom is -0.495 e. The maximum absolute atomic E-state index is 12.5. The summed E-state index contributed by atoms with van der Waals surface area (Å²) in [4.78, 5) is 12.5. The van der Waals surface area contributed by atoms with Gasteiger partial charge in [-0.1, -0.05) is 6.07 Å². The second kappa shape index (κ2) is 5.16. The molecule has 21 heavy (non-hydrogen) atoms. The van der Waals surface area contributed by atoms with E-state index in [1.165, 1.54) is 0 Å². The molecule has 5 nitrogen and oxygen atoms in total. The zero-order valence-corrected chi connectivity index (χ0v) is 12.2. The Morgan fingerprint density at radius 2 is 2.14 bits per heavy atom. The van der Waals surface area contributed by atoms with Crippen molar-refractivity contribution in [3.05, 3.63) is 41.7 Å². The minimum atomic E-state index is -0.166. The summed E-state index contributed by atoms with van der Waals surface area (Å²) >= 11 is 0. The molecule has 110 valence electrons. The van der Waals surface area contributed by atoms with Gasteiger partial charge in [0.05, 0.1) is 18.5 Å². The van der Waals surface area contributed by atoms with Crippen LogP contribution in [0.5, 0.6) is 5.75 Å². The quantitative estimate of drug-likeness (QED) is 0.907. The van der Waals surface area contributed by atoms with E-state index >= 15 is 0 Å². The lowest BCUT2D eigenvalue weighted by Gasteiger charge is -2.12. The Kier molecular flexibility index (Phi) is 3.33. The predicted octanol–water partition coefficient (Wildman–Crippen LogP) is 2.97. The molecule has 1 aliphatic rings. The summed E-state index contributed by atoms with van der Waals surface area (Å²) in [5, 5.41) is 2.90. The third-order valence-electron chi connectivity index (χ3n) is 3.65. The van der Waals surface area contributed by atoms with Gasteiger partial charge >= 0.3 is 0 Å². The summed E-state index contributed by atoms with van der Waals surface area (Å²) < 4.78 is 7.28. The van der Waals surface area contributed by atoms with E-state index in [4.69, 9.17) is 10.5 Å². The maximum Gasteiger partial charge on any atom is 0.272 e. The predicted molar refractivity (Wildman–Crippen MR) is 82.8 cm³/mol. The number of nitrogens with one attached hydrogen (secondary N) is 1. The normalized spacial score (nSPS) is 14.0. The standard InChI is InChI=1S/C16H19N3O2/c1-10-3-6-13(15(7-10)21-2)18-16(20)14-8-11(17)9-19(14)12-4-5-12/h3,6-9,12H,4-5,17H2,1-2H3,(H,18,20). The molecule has 0 atom stereocenters. The monoisotopic (exact) mass is 285 g/mol. The van der Waals surface area contributed by atoms with E-state index in [1.54, 1.807) is 13.2 Å². The number of aryl methyl sites for hydroxylation is 1. The average molecular weight is 285 g/mol. The summed E-state index contributed by atoms with van der Waals surface area (Å²) in [7, 11) is 1.59. The van der Waals surface area contributed by atoms with Crippen LogP contribution in [-0.2, 0) is 0 Å². The lowest BCUT2D eigenvalue weighted by atomic mass is 10.2. The van der Waals surface area contributed by atoms with Gasteiger partial charge in [0.1, 0.15) is 11.4 Å². The van der Waals surface area contributed by atoms with Crippen molar-refractivity contribution in [2.75, 3.05) is 18.2 Å². The number of ether oxygens (including phenoxy) is 1. The first kappa shape index (κ1) is 13.5. The number of nitrogens with two attached hydrogens (primary N) is 1. The van der Waals surface area contributed by atoms with Gasteiger partial charge in [-0.15, -0.1) is 0 Å². The summed E-state index contributed by atoms with van der Waals surface area (Å²) in [5.74, 6) is 0.488. The maximum atomic E-state index is 12.5. The molecule has 1 fully saturated rings. The number of carbonyl (C=O) groups excluding carboxylic acids is 1. The van der Waals surface area contributed by atoms with Gasteiger partial charge in [-0.25, -0.2) is 0 Å². The van der Waals surface area contributed by atoms with Crippen LogP contribution in [-0.4, -0.2) is 17.6 Å². The summed E-state index contributed by atoms with van der Waals surface area (Å²) in [6.45, 7) is 1.98. The largest absolute Gasteiger partial charge is 0.495 e. The van der Waals surface area contributed by atoms with Gasteiger partial charge in [0.15, 0.2) is 0 Å². The van der Waals surface area contributed by atoms with Crippen molar-refractivity contribution in [3.63, 3.8) is 0 Å². The molecule has 3 rings (SSSR count).